The first-order valence-corrected chi connectivity index (χ1v) is 9.20. The van der Waals surface area contributed by atoms with Crippen LogP contribution in [0, 0.1) is 0 Å². The van der Waals surface area contributed by atoms with Crippen molar-refractivity contribution in [3.63, 3.8) is 0 Å². The zero-order valence-electron chi connectivity index (χ0n) is 15.0. The summed E-state index contributed by atoms with van der Waals surface area (Å²) in [5.74, 6) is 0.566. The molecule has 1 unspecified atom stereocenters. The van der Waals surface area contributed by atoms with Gasteiger partial charge in [0.05, 0.1) is 5.69 Å². The maximum Gasteiger partial charge on any atom is 0.0960 e. The second-order valence-electron chi connectivity index (χ2n) is 7.12. The van der Waals surface area contributed by atoms with Crippen LogP contribution in [-0.4, -0.2) is 41.9 Å². The van der Waals surface area contributed by atoms with E-state index in [1.54, 1.807) is 0 Å². The lowest BCUT2D eigenvalue weighted by Crippen LogP contribution is -2.18. The van der Waals surface area contributed by atoms with Gasteiger partial charge >= 0.3 is 0 Å². The Bertz CT molecular complexity index is 645. The van der Waals surface area contributed by atoms with Crippen molar-refractivity contribution < 1.29 is 0 Å². The largest absolute Gasteiger partial charge is 0.330 e. The fourth-order valence-electron chi connectivity index (χ4n) is 3.88. The Morgan fingerprint density at radius 1 is 1.25 bits per heavy atom. The maximum atomic E-state index is 5.89. The van der Waals surface area contributed by atoms with E-state index < -0.39 is 0 Å². The number of nitrogens with zero attached hydrogens (tertiary/aromatic N) is 3. The van der Waals surface area contributed by atoms with Crippen LogP contribution in [0.4, 0.5) is 0 Å². The van der Waals surface area contributed by atoms with E-state index in [4.69, 9.17) is 10.8 Å². The molecule has 4 heteroatoms. The third-order valence-corrected chi connectivity index (χ3v) is 5.01. The number of hydrogen-bond acceptors (Lipinski definition) is 3. The van der Waals surface area contributed by atoms with Crippen molar-refractivity contribution in [2.45, 2.75) is 44.6 Å². The maximum absolute atomic E-state index is 5.89. The summed E-state index contributed by atoms with van der Waals surface area (Å²) in [5, 5.41) is 5.05. The fraction of sp³-hybridized carbons (Fsp3) is 0.550. The fourth-order valence-corrected chi connectivity index (χ4v) is 3.88. The molecule has 130 valence electrons. The van der Waals surface area contributed by atoms with Crippen LogP contribution < -0.4 is 5.73 Å². The SMILES string of the molecule is CN(C)CCCn1nc(-c2ccccc2)c2c1CCCC2CCN. The molecule has 0 radical (unpaired) electrons. The van der Waals surface area contributed by atoms with Crippen molar-refractivity contribution in [1.82, 2.24) is 14.7 Å². The molecular weight excluding hydrogens is 296 g/mol. The molecule has 0 bridgehead atoms. The van der Waals surface area contributed by atoms with Crippen molar-refractivity contribution >= 4 is 0 Å². The lowest BCUT2D eigenvalue weighted by atomic mass is 9.82. The van der Waals surface area contributed by atoms with Gasteiger partial charge in [0.1, 0.15) is 0 Å². The van der Waals surface area contributed by atoms with Crippen molar-refractivity contribution in [3.05, 3.63) is 41.6 Å². The van der Waals surface area contributed by atoms with E-state index >= 15 is 0 Å². The molecule has 1 aromatic carbocycles. The van der Waals surface area contributed by atoms with Gasteiger partial charge in [0.15, 0.2) is 0 Å². The van der Waals surface area contributed by atoms with Gasteiger partial charge in [0.2, 0.25) is 0 Å². The monoisotopic (exact) mass is 326 g/mol. The van der Waals surface area contributed by atoms with Gasteiger partial charge in [-0.2, -0.15) is 5.10 Å². The van der Waals surface area contributed by atoms with E-state index in [9.17, 15) is 0 Å². The van der Waals surface area contributed by atoms with E-state index in [2.05, 4.69) is 54.0 Å². The molecule has 0 spiro atoms. The van der Waals surface area contributed by atoms with Crippen LogP contribution in [0.1, 0.15) is 42.9 Å². The molecule has 0 saturated heterocycles. The van der Waals surface area contributed by atoms with Crippen LogP contribution in [0.25, 0.3) is 11.3 Å². The summed E-state index contributed by atoms with van der Waals surface area (Å²) in [7, 11) is 4.26. The summed E-state index contributed by atoms with van der Waals surface area (Å²) in [5.41, 5.74) is 11.3. The smallest absolute Gasteiger partial charge is 0.0960 e. The van der Waals surface area contributed by atoms with Gasteiger partial charge in [-0.15, -0.1) is 0 Å². The third kappa shape index (κ3) is 3.70. The van der Waals surface area contributed by atoms with E-state index in [1.165, 1.54) is 35.4 Å². The van der Waals surface area contributed by atoms with Gasteiger partial charge in [0.25, 0.3) is 0 Å². The zero-order chi connectivity index (χ0) is 16.9. The molecule has 1 aromatic heterocycles. The number of aryl methyl sites for hydroxylation is 1. The number of rotatable bonds is 7. The van der Waals surface area contributed by atoms with Crippen molar-refractivity contribution in [3.8, 4) is 11.3 Å². The topological polar surface area (TPSA) is 47.1 Å². The van der Waals surface area contributed by atoms with Gasteiger partial charge in [-0.1, -0.05) is 30.3 Å². The van der Waals surface area contributed by atoms with E-state index in [-0.39, 0.29) is 0 Å². The molecule has 0 fully saturated rings. The lowest BCUT2D eigenvalue weighted by molar-refractivity contribution is 0.376. The summed E-state index contributed by atoms with van der Waals surface area (Å²) < 4.78 is 2.28. The number of aromatic nitrogens is 2. The molecule has 2 N–H and O–H groups in total. The van der Waals surface area contributed by atoms with Crippen LogP contribution in [0.15, 0.2) is 30.3 Å². The Morgan fingerprint density at radius 2 is 2.04 bits per heavy atom. The number of fused-ring (bicyclic) bond motifs is 1. The standard InChI is InChI=1S/C20H30N4/c1-23(2)14-7-15-24-18-11-6-10-16(12-13-21)19(18)20(22-24)17-8-4-3-5-9-17/h3-5,8-9,16H,6-7,10-15,21H2,1-2H3. The number of hydrogen-bond donors (Lipinski definition) is 1. The minimum atomic E-state index is 0.566. The predicted octanol–water partition coefficient (Wildman–Crippen LogP) is 3.27. The second kappa shape index (κ2) is 7.95. The molecule has 24 heavy (non-hydrogen) atoms. The minimum absolute atomic E-state index is 0.566. The third-order valence-electron chi connectivity index (χ3n) is 5.01. The Labute approximate surface area is 145 Å². The highest BCUT2D eigenvalue weighted by Gasteiger charge is 2.28. The first-order valence-electron chi connectivity index (χ1n) is 9.20. The molecule has 1 aliphatic carbocycles. The molecular formula is C20H30N4. The molecule has 0 amide bonds. The van der Waals surface area contributed by atoms with Crippen LogP contribution in [0.5, 0.6) is 0 Å². The normalized spacial score (nSPS) is 17.2. The highest BCUT2D eigenvalue weighted by Crippen LogP contribution is 2.40. The molecule has 0 aliphatic heterocycles. The molecule has 0 saturated carbocycles. The molecule has 2 aromatic rings. The number of nitrogens with two attached hydrogens (primary N) is 1. The summed E-state index contributed by atoms with van der Waals surface area (Å²) in [6, 6.07) is 10.6. The summed E-state index contributed by atoms with van der Waals surface area (Å²) in [6.07, 6.45) is 5.85. The van der Waals surface area contributed by atoms with Gasteiger partial charge < -0.3 is 10.6 Å². The Hall–Kier alpha value is -1.65. The summed E-state index contributed by atoms with van der Waals surface area (Å²) in [6.45, 7) is 2.86. The van der Waals surface area contributed by atoms with Crippen molar-refractivity contribution in [2.24, 2.45) is 5.73 Å². The highest BCUT2D eigenvalue weighted by atomic mass is 15.3. The number of benzene rings is 1. The molecule has 4 nitrogen and oxygen atoms in total. The Balaban J connectivity index is 1.96. The molecule has 1 heterocycles. The first-order chi connectivity index (χ1) is 11.7. The summed E-state index contributed by atoms with van der Waals surface area (Å²) >= 11 is 0. The van der Waals surface area contributed by atoms with Crippen LogP contribution in [-0.2, 0) is 13.0 Å². The average Bonchev–Trinajstić information content (AvgIpc) is 2.96. The van der Waals surface area contributed by atoms with Gasteiger partial charge in [0, 0.05) is 23.4 Å². The first kappa shape index (κ1) is 17.2. The second-order valence-corrected chi connectivity index (χ2v) is 7.12. The van der Waals surface area contributed by atoms with E-state index in [0.29, 0.717) is 5.92 Å². The average molecular weight is 326 g/mol. The van der Waals surface area contributed by atoms with Crippen LogP contribution in [0.3, 0.4) is 0 Å². The van der Waals surface area contributed by atoms with Crippen LogP contribution >= 0.6 is 0 Å². The van der Waals surface area contributed by atoms with Crippen LogP contribution in [0.2, 0.25) is 0 Å². The van der Waals surface area contributed by atoms with Gasteiger partial charge in [-0.3, -0.25) is 4.68 Å². The van der Waals surface area contributed by atoms with E-state index in [0.717, 1.165) is 38.9 Å². The molecule has 3 rings (SSSR count). The minimum Gasteiger partial charge on any atom is -0.330 e. The predicted molar refractivity (Wildman–Crippen MR) is 100 cm³/mol. The zero-order valence-corrected chi connectivity index (χ0v) is 15.0. The Kier molecular flexibility index (Phi) is 5.69. The quantitative estimate of drug-likeness (QED) is 0.849. The van der Waals surface area contributed by atoms with Gasteiger partial charge in [-0.25, -0.2) is 0 Å². The Morgan fingerprint density at radius 3 is 2.75 bits per heavy atom. The highest BCUT2D eigenvalue weighted by molar-refractivity contribution is 5.65. The molecule has 1 atom stereocenters. The van der Waals surface area contributed by atoms with E-state index in [1.807, 2.05) is 0 Å². The lowest BCUT2D eigenvalue weighted by Gasteiger charge is -2.24. The van der Waals surface area contributed by atoms with Crippen molar-refractivity contribution in [2.75, 3.05) is 27.2 Å². The van der Waals surface area contributed by atoms with Crippen molar-refractivity contribution in [1.29, 1.82) is 0 Å². The molecule has 1 aliphatic rings. The van der Waals surface area contributed by atoms with Gasteiger partial charge in [-0.05, 0) is 65.2 Å². The summed E-state index contributed by atoms with van der Waals surface area (Å²) in [4.78, 5) is 2.24.